The van der Waals surface area contributed by atoms with E-state index in [-0.39, 0.29) is 0 Å². The highest BCUT2D eigenvalue weighted by molar-refractivity contribution is 6.17. The Morgan fingerprint density at radius 2 is 0.491 bits per heavy atom. The predicted molar refractivity (Wildman–Crippen MR) is 461 cm³/mol. The standard InChI is InChI=1S/C104H62N4O2/c1-3-16-76(17-4-1)105-93-26-11-7-20-81(93)89-56-66(39-48-95(89)105)69-42-51-98-92(59-69)84-46-37-71(61-100(84)108(98)79-44-35-64-31-33-73(53-75(64)55-79)80-24-15-25-88-86-23-10-14-29-102(86)110-104(80)88)70-36-45-83-91-58-68(40-49-96(91)106(99(83)60-70)77-18-5-2-6-19-77)67-41-50-97-90(57-67)82-21-8-12-27-94(82)107(97)78-43-34-63-30-32-65(52-74(63)54-78)72-38-47-87-85-22-9-13-28-101(85)109-103(87)62-72/h1-62H. The summed E-state index contributed by atoms with van der Waals surface area (Å²) < 4.78 is 22.7. The van der Waals surface area contributed by atoms with Gasteiger partial charge >= 0.3 is 0 Å². The van der Waals surface area contributed by atoms with Crippen LogP contribution < -0.4 is 0 Å². The van der Waals surface area contributed by atoms with Gasteiger partial charge in [0.25, 0.3) is 0 Å². The van der Waals surface area contributed by atoms with Gasteiger partial charge in [-0.25, -0.2) is 0 Å². The lowest BCUT2D eigenvalue weighted by Gasteiger charge is -2.12. The lowest BCUT2D eigenvalue weighted by Crippen LogP contribution is -1.95. The minimum atomic E-state index is 0.895. The summed E-state index contributed by atoms with van der Waals surface area (Å²) >= 11 is 0. The second-order valence-electron chi connectivity index (χ2n) is 29.5. The summed E-state index contributed by atoms with van der Waals surface area (Å²) in [5, 5.41) is 18.9. The van der Waals surface area contributed by atoms with Gasteiger partial charge < -0.3 is 27.1 Å². The number of hydrogen-bond acceptors (Lipinski definition) is 2. The molecule has 0 bridgehead atoms. The number of nitrogens with zero attached hydrogens (tertiary/aromatic N) is 4. The second-order valence-corrected chi connectivity index (χ2v) is 29.5. The van der Waals surface area contributed by atoms with Gasteiger partial charge in [-0.05, 0) is 229 Å². The first-order valence-corrected chi connectivity index (χ1v) is 37.7. The summed E-state index contributed by atoms with van der Waals surface area (Å²) in [5.74, 6) is 0. The zero-order chi connectivity index (χ0) is 71.8. The van der Waals surface area contributed by atoms with E-state index in [9.17, 15) is 0 Å². The van der Waals surface area contributed by atoms with Crippen LogP contribution in [0.2, 0.25) is 0 Å². The van der Waals surface area contributed by atoms with Crippen LogP contribution >= 0.6 is 0 Å². The zero-order valence-corrected chi connectivity index (χ0v) is 59.4. The van der Waals surface area contributed by atoms with E-state index in [1.807, 2.05) is 18.2 Å². The van der Waals surface area contributed by atoms with E-state index in [0.717, 1.165) is 139 Å². The summed E-state index contributed by atoms with van der Waals surface area (Å²) in [4.78, 5) is 0. The third-order valence-corrected chi connectivity index (χ3v) is 23.5. The van der Waals surface area contributed by atoms with Gasteiger partial charge in [-0.3, -0.25) is 0 Å². The van der Waals surface area contributed by atoms with Crippen molar-refractivity contribution >= 4 is 153 Å². The first kappa shape index (κ1) is 60.5. The fourth-order valence-corrected chi connectivity index (χ4v) is 18.3. The van der Waals surface area contributed by atoms with Gasteiger partial charge in [-0.1, -0.05) is 218 Å². The van der Waals surface area contributed by atoms with E-state index < -0.39 is 0 Å². The zero-order valence-electron chi connectivity index (χ0n) is 59.4. The van der Waals surface area contributed by atoms with Crippen molar-refractivity contribution in [3.8, 4) is 78.4 Å². The minimum Gasteiger partial charge on any atom is -0.456 e. The molecular weight excluding hydrogens is 1340 g/mol. The SMILES string of the molecule is c1ccc(-n2c3ccccc3c3cc(-c4ccc5c(c4)c4ccc(-c6ccc7c8cc(-c9ccc%10c(c9)c9ccccc9n%10-c9ccc%10ccc(-c%11ccc%12c(c%11)oc%11ccccc%11%12)cc%10c9)ccc8n(-c8ccccc8)c7c6)cc4n5-c4ccc5ccc(-c6cccc7c6oc6ccccc67)cc5c4)ccc32)cc1. The van der Waals surface area contributed by atoms with Crippen molar-refractivity contribution in [2.24, 2.45) is 0 Å². The number of rotatable bonds is 9. The molecule has 24 rings (SSSR count). The quantitative estimate of drug-likeness (QED) is 0.145. The smallest absolute Gasteiger partial charge is 0.143 e. The van der Waals surface area contributed by atoms with Gasteiger partial charge in [-0.15, -0.1) is 0 Å². The Morgan fingerprint density at radius 3 is 1.03 bits per heavy atom. The van der Waals surface area contributed by atoms with Gasteiger partial charge in [0.05, 0.1) is 44.1 Å². The molecule has 0 aliphatic heterocycles. The van der Waals surface area contributed by atoms with Crippen LogP contribution in [-0.2, 0) is 0 Å². The molecule has 0 amide bonds. The van der Waals surface area contributed by atoms with Gasteiger partial charge in [0.2, 0.25) is 0 Å². The molecule has 0 N–H and O–H groups in total. The van der Waals surface area contributed by atoms with Crippen molar-refractivity contribution in [3.05, 3.63) is 376 Å². The van der Waals surface area contributed by atoms with E-state index in [4.69, 9.17) is 8.83 Å². The summed E-state index contributed by atoms with van der Waals surface area (Å²) in [6, 6.07) is 139. The maximum atomic E-state index is 6.62. The van der Waals surface area contributed by atoms with Crippen LogP contribution in [-0.4, -0.2) is 18.3 Å². The highest BCUT2D eigenvalue weighted by Crippen LogP contribution is 2.46. The lowest BCUT2D eigenvalue weighted by atomic mass is 9.98. The molecule has 0 atom stereocenters. The molecule has 24 aromatic rings. The molecule has 0 fully saturated rings. The van der Waals surface area contributed by atoms with Crippen molar-refractivity contribution in [1.29, 1.82) is 0 Å². The average molecular weight is 1400 g/mol. The summed E-state index contributed by atoms with van der Waals surface area (Å²) in [6.45, 7) is 0. The molecule has 6 nitrogen and oxygen atoms in total. The molecule has 0 spiro atoms. The number of benzene rings is 18. The number of fused-ring (bicyclic) bond motifs is 20. The minimum absolute atomic E-state index is 0.895. The first-order valence-electron chi connectivity index (χ1n) is 37.7. The summed E-state index contributed by atoms with van der Waals surface area (Å²) in [6.07, 6.45) is 0. The Kier molecular flexibility index (Phi) is 12.9. The summed E-state index contributed by atoms with van der Waals surface area (Å²) in [5.41, 5.74) is 28.8. The molecule has 510 valence electrons. The molecule has 0 aliphatic rings. The Balaban J connectivity index is 0.632. The highest BCUT2D eigenvalue weighted by atomic mass is 16.3. The molecule has 0 aliphatic carbocycles. The predicted octanol–water partition coefficient (Wildman–Crippen LogP) is 28.5. The third kappa shape index (κ3) is 9.17. The van der Waals surface area contributed by atoms with Crippen LogP contribution in [0.4, 0.5) is 0 Å². The van der Waals surface area contributed by atoms with E-state index >= 15 is 0 Å². The van der Waals surface area contributed by atoms with Crippen LogP contribution in [0, 0.1) is 0 Å². The molecule has 110 heavy (non-hydrogen) atoms. The number of hydrogen-bond donors (Lipinski definition) is 0. The van der Waals surface area contributed by atoms with E-state index in [1.54, 1.807) is 0 Å². The van der Waals surface area contributed by atoms with E-state index in [0.29, 0.717) is 0 Å². The molecular formula is C104H62N4O2. The molecule has 6 heteroatoms. The fraction of sp³-hybridized carbons (Fsp3) is 0. The Morgan fingerprint density at radius 1 is 0.155 bits per heavy atom. The lowest BCUT2D eigenvalue weighted by molar-refractivity contribution is 0.669. The molecule has 0 saturated carbocycles. The second kappa shape index (κ2) is 23.4. The van der Waals surface area contributed by atoms with Crippen molar-refractivity contribution in [2.75, 3.05) is 0 Å². The van der Waals surface area contributed by atoms with Crippen LogP contribution in [0.3, 0.4) is 0 Å². The van der Waals surface area contributed by atoms with E-state index in [2.05, 4.69) is 376 Å². The Bertz CT molecular complexity index is 8030. The van der Waals surface area contributed by atoms with Crippen molar-refractivity contribution in [1.82, 2.24) is 18.3 Å². The highest BCUT2D eigenvalue weighted by Gasteiger charge is 2.23. The normalized spacial score (nSPS) is 12.2. The van der Waals surface area contributed by atoms with Crippen LogP contribution in [0.1, 0.15) is 0 Å². The van der Waals surface area contributed by atoms with Crippen molar-refractivity contribution in [2.45, 2.75) is 0 Å². The number of aromatic nitrogens is 4. The van der Waals surface area contributed by atoms with Gasteiger partial charge in [0.15, 0.2) is 0 Å². The Labute approximate surface area is 630 Å². The van der Waals surface area contributed by atoms with Gasteiger partial charge in [0, 0.05) is 92.9 Å². The van der Waals surface area contributed by atoms with Crippen molar-refractivity contribution < 1.29 is 8.83 Å². The number of furan rings is 2. The fourth-order valence-electron chi connectivity index (χ4n) is 18.3. The average Bonchev–Trinajstić information content (AvgIpc) is 1.58. The van der Waals surface area contributed by atoms with Crippen LogP contribution in [0.5, 0.6) is 0 Å². The molecule has 6 aromatic heterocycles. The largest absolute Gasteiger partial charge is 0.456 e. The van der Waals surface area contributed by atoms with E-state index in [1.165, 1.54) is 92.5 Å². The van der Waals surface area contributed by atoms with Gasteiger partial charge in [-0.2, -0.15) is 0 Å². The maximum absolute atomic E-state index is 6.62. The third-order valence-electron chi connectivity index (χ3n) is 23.5. The number of para-hydroxylation sites is 7. The molecule has 6 heterocycles. The van der Waals surface area contributed by atoms with Crippen LogP contribution in [0.15, 0.2) is 385 Å². The molecule has 0 unspecified atom stereocenters. The molecule has 0 radical (unpaired) electrons. The summed E-state index contributed by atoms with van der Waals surface area (Å²) in [7, 11) is 0. The Hall–Kier alpha value is -14.7. The van der Waals surface area contributed by atoms with Crippen LogP contribution in [0.25, 0.3) is 231 Å². The first-order chi connectivity index (χ1) is 54.5. The molecule has 0 saturated heterocycles. The monoisotopic (exact) mass is 1400 g/mol. The topological polar surface area (TPSA) is 46.0 Å². The van der Waals surface area contributed by atoms with Gasteiger partial charge in [0.1, 0.15) is 22.3 Å². The van der Waals surface area contributed by atoms with Crippen molar-refractivity contribution in [3.63, 3.8) is 0 Å². The maximum Gasteiger partial charge on any atom is 0.143 e. The molecule has 18 aromatic carbocycles.